The SMILES string of the molecule is CC(C)OC(=O)C(C(=O)Nc1ccccc1C(=O)O)=C1SC=CS1.CCOC(=O)OC(=O)C(C(=O)OC(C)C)=C1SC=CS1. The van der Waals surface area contributed by atoms with Gasteiger partial charge in [-0.15, -0.1) is 0 Å². The Balaban J connectivity index is 0.000000312. The van der Waals surface area contributed by atoms with E-state index in [1.165, 1.54) is 59.2 Å². The maximum atomic E-state index is 12.6. The van der Waals surface area contributed by atoms with E-state index in [0.717, 1.165) is 0 Å². The van der Waals surface area contributed by atoms with E-state index in [1.807, 2.05) is 0 Å². The molecule has 3 rings (SSSR count). The Morgan fingerprint density at radius 2 is 1.23 bits per heavy atom. The maximum absolute atomic E-state index is 12.6. The molecule has 0 spiro atoms. The van der Waals surface area contributed by atoms with Crippen molar-refractivity contribution in [3.63, 3.8) is 0 Å². The zero-order chi connectivity index (χ0) is 32.8. The molecule has 0 unspecified atom stereocenters. The number of nitrogens with one attached hydrogen (secondary N) is 1. The molecule has 1 aromatic rings. The number of benzene rings is 1. The lowest BCUT2D eigenvalue weighted by Gasteiger charge is -2.14. The summed E-state index contributed by atoms with van der Waals surface area (Å²) in [5.41, 5.74) is -0.376. The van der Waals surface area contributed by atoms with Crippen LogP contribution in [-0.2, 0) is 38.1 Å². The Kier molecular flexibility index (Phi) is 15.2. The minimum atomic E-state index is -1.17. The lowest BCUT2D eigenvalue weighted by atomic mass is 10.1. The molecular weight excluding hydrogens is 655 g/mol. The molecule has 0 fully saturated rings. The summed E-state index contributed by atoms with van der Waals surface area (Å²) >= 11 is 4.84. The number of esters is 3. The molecule has 1 aromatic carbocycles. The van der Waals surface area contributed by atoms with Crippen LogP contribution in [0.4, 0.5) is 10.5 Å². The predicted molar refractivity (Wildman–Crippen MR) is 170 cm³/mol. The summed E-state index contributed by atoms with van der Waals surface area (Å²) in [5.74, 6) is -4.51. The van der Waals surface area contributed by atoms with Crippen molar-refractivity contribution in [2.24, 2.45) is 0 Å². The van der Waals surface area contributed by atoms with E-state index in [9.17, 15) is 33.9 Å². The molecule has 2 N–H and O–H groups in total. The second-order valence-corrected chi connectivity index (χ2v) is 12.8. The van der Waals surface area contributed by atoms with Crippen molar-refractivity contribution in [1.82, 2.24) is 0 Å². The second-order valence-electron chi connectivity index (χ2n) is 8.63. The Labute approximate surface area is 270 Å². The molecule has 0 aromatic heterocycles. The highest BCUT2D eigenvalue weighted by Gasteiger charge is 2.31. The molecule has 2 aliphatic rings. The maximum Gasteiger partial charge on any atom is 0.516 e. The fourth-order valence-corrected chi connectivity index (χ4v) is 6.60. The van der Waals surface area contributed by atoms with Crippen LogP contribution in [0.5, 0.6) is 0 Å². The number of carbonyl (C=O) groups is 6. The summed E-state index contributed by atoms with van der Waals surface area (Å²) in [6.07, 6.45) is -1.91. The highest BCUT2D eigenvalue weighted by Crippen LogP contribution is 2.41. The third kappa shape index (κ3) is 11.5. The normalized spacial score (nSPS) is 13.2. The fourth-order valence-electron chi connectivity index (χ4n) is 2.95. The Morgan fingerprint density at radius 1 is 0.750 bits per heavy atom. The summed E-state index contributed by atoms with van der Waals surface area (Å²) in [4.78, 5) is 71.1. The molecule has 0 bridgehead atoms. The minimum Gasteiger partial charge on any atom is -0.478 e. The zero-order valence-corrected chi connectivity index (χ0v) is 27.4. The molecule has 16 heteroatoms. The molecule has 44 heavy (non-hydrogen) atoms. The molecule has 12 nitrogen and oxygen atoms in total. The van der Waals surface area contributed by atoms with Crippen LogP contribution in [0.3, 0.4) is 0 Å². The number of carbonyl (C=O) groups excluding carboxylic acids is 5. The van der Waals surface area contributed by atoms with Gasteiger partial charge in [0.25, 0.3) is 5.91 Å². The number of carboxylic acids is 1. The third-order valence-corrected chi connectivity index (χ3v) is 8.85. The third-order valence-electron chi connectivity index (χ3n) is 4.59. The van der Waals surface area contributed by atoms with Gasteiger partial charge in [0.1, 0.15) is 5.57 Å². The van der Waals surface area contributed by atoms with Crippen LogP contribution < -0.4 is 5.32 Å². The van der Waals surface area contributed by atoms with Crippen LogP contribution in [0.1, 0.15) is 45.0 Å². The van der Waals surface area contributed by atoms with Crippen molar-refractivity contribution >= 4 is 88.7 Å². The van der Waals surface area contributed by atoms with Gasteiger partial charge in [-0.25, -0.2) is 24.0 Å². The second kappa shape index (κ2) is 18.3. The molecule has 0 saturated carbocycles. The van der Waals surface area contributed by atoms with Gasteiger partial charge in [-0.1, -0.05) is 59.2 Å². The molecule has 0 aliphatic carbocycles. The first kappa shape index (κ1) is 36.6. The van der Waals surface area contributed by atoms with Crippen molar-refractivity contribution in [3.8, 4) is 0 Å². The van der Waals surface area contributed by atoms with Crippen molar-refractivity contribution in [2.75, 3.05) is 11.9 Å². The highest BCUT2D eigenvalue weighted by atomic mass is 32.2. The largest absolute Gasteiger partial charge is 0.516 e. The zero-order valence-electron chi connectivity index (χ0n) is 24.1. The van der Waals surface area contributed by atoms with Crippen LogP contribution in [0.2, 0.25) is 0 Å². The molecule has 2 heterocycles. The average Bonchev–Trinajstić information content (AvgIpc) is 3.64. The van der Waals surface area contributed by atoms with Gasteiger partial charge in [0.15, 0.2) is 5.57 Å². The lowest BCUT2D eigenvalue weighted by Crippen LogP contribution is -2.25. The lowest BCUT2D eigenvalue weighted by molar-refractivity contribution is -0.148. The summed E-state index contributed by atoms with van der Waals surface area (Å²) < 4.78 is 20.0. The summed E-state index contributed by atoms with van der Waals surface area (Å²) in [7, 11) is 0. The van der Waals surface area contributed by atoms with E-state index in [-0.39, 0.29) is 35.1 Å². The molecule has 1 amide bonds. The number of anilines is 1. The van der Waals surface area contributed by atoms with Gasteiger partial charge in [-0.2, -0.15) is 0 Å². The molecule has 0 atom stereocenters. The van der Waals surface area contributed by atoms with Crippen LogP contribution >= 0.6 is 47.0 Å². The number of para-hydroxylation sites is 1. The van der Waals surface area contributed by atoms with Gasteiger partial charge in [0.2, 0.25) is 0 Å². The number of rotatable bonds is 9. The summed E-state index contributed by atoms with van der Waals surface area (Å²) in [6, 6.07) is 5.99. The Morgan fingerprint density at radius 3 is 1.70 bits per heavy atom. The summed E-state index contributed by atoms with van der Waals surface area (Å²) in [5, 5.41) is 18.6. The van der Waals surface area contributed by atoms with Gasteiger partial charge in [0.05, 0.1) is 38.5 Å². The van der Waals surface area contributed by atoms with E-state index in [0.29, 0.717) is 8.47 Å². The van der Waals surface area contributed by atoms with E-state index in [4.69, 9.17) is 9.47 Å². The number of ether oxygens (including phenoxy) is 4. The van der Waals surface area contributed by atoms with E-state index in [2.05, 4.69) is 14.8 Å². The molecule has 0 radical (unpaired) electrons. The van der Waals surface area contributed by atoms with E-state index >= 15 is 0 Å². The Bertz CT molecular complexity index is 1390. The first-order valence-electron chi connectivity index (χ1n) is 12.7. The van der Waals surface area contributed by atoms with Crippen molar-refractivity contribution < 1.29 is 52.8 Å². The van der Waals surface area contributed by atoms with Crippen LogP contribution in [0, 0.1) is 0 Å². The van der Waals surface area contributed by atoms with E-state index < -0.39 is 42.0 Å². The number of aromatic carboxylic acids is 1. The molecular formula is C28H29NO11S4. The van der Waals surface area contributed by atoms with E-state index in [1.54, 1.807) is 68.4 Å². The summed E-state index contributed by atoms with van der Waals surface area (Å²) in [6.45, 7) is 8.33. The smallest absolute Gasteiger partial charge is 0.478 e. The van der Waals surface area contributed by atoms with Crippen LogP contribution in [0.15, 0.2) is 65.5 Å². The number of hydrogen-bond acceptors (Lipinski definition) is 14. The standard InChI is InChI=1S/C16H15NO5S2.C12H14O6S2/c1-9(2)22-15(21)12(16-23-7-8-24-16)13(18)17-11-6-4-3-5-10(11)14(19)20;1-4-16-12(15)18-10(14)8(9(13)17-7(2)3)11-19-5-6-20-11/h3-9H,1-2H3,(H,17,18)(H,19,20);5-7H,4H2,1-3H3. The van der Waals surface area contributed by atoms with Gasteiger partial charge in [-0.05, 0) is 68.4 Å². The highest BCUT2D eigenvalue weighted by molar-refractivity contribution is 8.28. The quantitative estimate of drug-likeness (QED) is 0.0984. The molecule has 2 aliphatic heterocycles. The Hall–Kier alpha value is -3.60. The minimum absolute atomic E-state index is 0.0581. The van der Waals surface area contributed by atoms with Crippen molar-refractivity contribution in [3.05, 3.63) is 71.1 Å². The number of carboxylic acid groups (broad SMARTS) is 1. The predicted octanol–water partition coefficient (Wildman–Crippen LogP) is 6.24. The first-order valence-corrected chi connectivity index (χ1v) is 16.3. The number of hydrogen-bond donors (Lipinski definition) is 2. The molecule has 0 saturated heterocycles. The topological polar surface area (TPSA) is 172 Å². The average molecular weight is 684 g/mol. The monoisotopic (exact) mass is 683 g/mol. The first-order chi connectivity index (χ1) is 20.8. The van der Waals surface area contributed by atoms with Crippen LogP contribution in [-0.4, -0.2) is 59.9 Å². The fraction of sp³-hybridized carbons (Fsp3) is 0.286. The molecule has 236 valence electrons. The van der Waals surface area contributed by atoms with Gasteiger partial charge >= 0.3 is 30.0 Å². The van der Waals surface area contributed by atoms with Gasteiger partial charge in [0, 0.05) is 0 Å². The van der Waals surface area contributed by atoms with Gasteiger partial charge in [-0.3, -0.25) is 4.79 Å². The van der Waals surface area contributed by atoms with Gasteiger partial charge < -0.3 is 29.4 Å². The van der Waals surface area contributed by atoms with Crippen molar-refractivity contribution in [1.29, 1.82) is 0 Å². The number of amides is 1. The van der Waals surface area contributed by atoms with Crippen LogP contribution in [0.25, 0.3) is 0 Å². The van der Waals surface area contributed by atoms with Crippen molar-refractivity contribution in [2.45, 2.75) is 46.8 Å². The number of thioether (sulfide) groups is 4.